The van der Waals surface area contributed by atoms with E-state index >= 15 is 0 Å². The number of ether oxygens (including phenoxy) is 1. The van der Waals surface area contributed by atoms with Crippen LogP contribution in [0.5, 0.6) is 5.75 Å². The van der Waals surface area contributed by atoms with E-state index in [2.05, 4.69) is 22.1 Å². The SMILES string of the molecule is C=CCn1c(COc2ccc(F)cc2)nnc1SCC(=O)NCc1ccccc1. The zero-order chi connectivity index (χ0) is 20.5. The number of carbonyl (C=O) groups excluding carboxylic acids is 1. The summed E-state index contributed by atoms with van der Waals surface area (Å²) < 4.78 is 20.5. The summed E-state index contributed by atoms with van der Waals surface area (Å²) in [5.41, 5.74) is 1.04. The Kier molecular flexibility index (Phi) is 7.40. The van der Waals surface area contributed by atoms with E-state index in [0.29, 0.717) is 29.8 Å². The molecule has 0 aliphatic rings. The van der Waals surface area contributed by atoms with Crippen molar-refractivity contribution in [1.29, 1.82) is 0 Å². The number of nitrogens with one attached hydrogen (secondary N) is 1. The molecule has 0 fully saturated rings. The summed E-state index contributed by atoms with van der Waals surface area (Å²) >= 11 is 1.30. The monoisotopic (exact) mass is 412 g/mol. The first-order valence-corrected chi connectivity index (χ1v) is 9.99. The van der Waals surface area contributed by atoms with E-state index in [9.17, 15) is 9.18 Å². The lowest BCUT2D eigenvalue weighted by atomic mass is 10.2. The van der Waals surface area contributed by atoms with Crippen LogP contribution in [0.25, 0.3) is 0 Å². The smallest absolute Gasteiger partial charge is 0.230 e. The van der Waals surface area contributed by atoms with E-state index in [1.54, 1.807) is 18.2 Å². The summed E-state index contributed by atoms with van der Waals surface area (Å²) in [6, 6.07) is 15.5. The molecule has 3 aromatic rings. The van der Waals surface area contributed by atoms with E-state index in [1.165, 1.54) is 23.9 Å². The molecule has 6 nitrogen and oxygen atoms in total. The molecule has 1 N–H and O–H groups in total. The number of thioether (sulfide) groups is 1. The van der Waals surface area contributed by atoms with Gasteiger partial charge < -0.3 is 10.1 Å². The second-order valence-electron chi connectivity index (χ2n) is 6.09. The first-order chi connectivity index (χ1) is 14.2. The van der Waals surface area contributed by atoms with Crippen molar-refractivity contribution in [2.24, 2.45) is 0 Å². The zero-order valence-electron chi connectivity index (χ0n) is 15.8. The lowest BCUT2D eigenvalue weighted by Gasteiger charge is -2.09. The number of allylic oxidation sites excluding steroid dienone is 1. The number of carbonyl (C=O) groups is 1. The Morgan fingerprint density at radius 3 is 2.66 bits per heavy atom. The molecule has 1 heterocycles. The summed E-state index contributed by atoms with van der Waals surface area (Å²) in [5.74, 6) is 0.948. The molecule has 0 radical (unpaired) electrons. The van der Waals surface area contributed by atoms with Crippen molar-refractivity contribution < 1.29 is 13.9 Å². The van der Waals surface area contributed by atoms with Gasteiger partial charge in [0.05, 0.1) is 5.75 Å². The van der Waals surface area contributed by atoms with Gasteiger partial charge in [-0.2, -0.15) is 0 Å². The van der Waals surface area contributed by atoms with Gasteiger partial charge >= 0.3 is 0 Å². The van der Waals surface area contributed by atoms with Crippen molar-refractivity contribution in [2.45, 2.75) is 24.9 Å². The number of nitrogens with zero attached hydrogens (tertiary/aromatic N) is 3. The third-order valence-electron chi connectivity index (χ3n) is 3.95. The van der Waals surface area contributed by atoms with E-state index in [-0.39, 0.29) is 24.1 Å². The fourth-order valence-electron chi connectivity index (χ4n) is 2.50. The highest BCUT2D eigenvalue weighted by Gasteiger charge is 2.14. The number of amides is 1. The Hall–Kier alpha value is -3.13. The Balaban J connectivity index is 1.55. The summed E-state index contributed by atoms with van der Waals surface area (Å²) in [6.07, 6.45) is 1.73. The highest BCUT2D eigenvalue weighted by molar-refractivity contribution is 7.99. The highest BCUT2D eigenvalue weighted by atomic mass is 32.2. The topological polar surface area (TPSA) is 69.0 Å². The Bertz CT molecular complexity index is 945. The van der Waals surface area contributed by atoms with Crippen LogP contribution < -0.4 is 10.1 Å². The number of hydrogen-bond donors (Lipinski definition) is 1. The van der Waals surface area contributed by atoms with Crippen LogP contribution in [0.4, 0.5) is 4.39 Å². The van der Waals surface area contributed by atoms with E-state index in [0.717, 1.165) is 5.56 Å². The molecule has 0 spiro atoms. The van der Waals surface area contributed by atoms with Crippen molar-refractivity contribution in [3.05, 3.63) is 84.5 Å². The van der Waals surface area contributed by atoms with E-state index < -0.39 is 0 Å². The number of benzene rings is 2. The van der Waals surface area contributed by atoms with E-state index in [4.69, 9.17) is 4.74 Å². The summed E-state index contributed by atoms with van der Waals surface area (Å²) in [6.45, 7) is 4.90. The second-order valence-corrected chi connectivity index (χ2v) is 7.03. The van der Waals surface area contributed by atoms with Gasteiger partial charge in [-0.15, -0.1) is 16.8 Å². The molecule has 0 bridgehead atoms. The molecule has 2 aromatic carbocycles. The largest absolute Gasteiger partial charge is 0.486 e. The summed E-state index contributed by atoms with van der Waals surface area (Å²) in [5, 5.41) is 11.8. The average Bonchev–Trinajstić information content (AvgIpc) is 3.13. The Morgan fingerprint density at radius 1 is 1.17 bits per heavy atom. The fraction of sp³-hybridized carbons (Fsp3) is 0.190. The number of hydrogen-bond acceptors (Lipinski definition) is 5. The van der Waals surface area contributed by atoms with Crippen molar-refractivity contribution in [3.8, 4) is 5.75 Å². The third-order valence-corrected chi connectivity index (χ3v) is 4.92. The lowest BCUT2D eigenvalue weighted by molar-refractivity contribution is -0.118. The molecule has 0 aliphatic carbocycles. The first-order valence-electron chi connectivity index (χ1n) is 9.00. The molecule has 150 valence electrons. The second kappa shape index (κ2) is 10.4. The maximum absolute atomic E-state index is 13.0. The quantitative estimate of drug-likeness (QED) is 0.407. The zero-order valence-corrected chi connectivity index (χ0v) is 16.6. The third kappa shape index (κ3) is 6.18. The lowest BCUT2D eigenvalue weighted by Crippen LogP contribution is -2.24. The summed E-state index contributed by atoms with van der Waals surface area (Å²) in [4.78, 5) is 12.1. The van der Waals surface area contributed by atoms with Gasteiger partial charge in [-0.3, -0.25) is 9.36 Å². The molecular weight excluding hydrogens is 391 g/mol. The van der Waals surface area contributed by atoms with Gasteiger partial charge in [-0.05, 0) is 29.8 Å². The molecule has 1 aromatic heterocycles. The molecule has 0 aliphatic heterocycles. The molecule has 8 heteroatoms. The predicted molar refractivity (Wildman–Crippen MR) is 110 cm³/mol. The molecule has 0 saturated heterocycles. The fourth-order valence-corrected chi connectivity index (χ4v) is 3.30. The van der Waals surface area contributed by atoms with Crippen LogP contribution in [-0.4, -0.2) is 26.4 Å². The molecule has 0 atom stereocenters. The minimum Gasteiger partial charge on any atom is -0.486 e. The van der Waals surface area contributed by atoms with Crippen LogP contribution in [-0.2, 0) is 24.5 Å². The minimum atomic E-state index is -0.323. The van der Waals surface area contributed by atoms with Crippen molar-refractivity contribution in [3.63, 3.8) is 0 Å². The van der Waals surface area contributed by atoms with Crippen LogP contribution in [0.2, 0.25) is 0 Å². The van der Waals surface area contributed by atoms with Gasteiger partial charge in [0.25, 0.3) is 0 Å². The van der Waals surface area contributed by atoms with Gasteiger partial charge in [0.2, 0.25) is 5.91 Å². The first kappa shape index (κ1) is 20.6. The van der Waals surface area contributed by atoms with Gasteiger partial charge in [-0.25, -0.2) is 4.39 Å². The van der Waals surface area contributed by atoms with Gasteiger partial charge in [0.1, 0.15) is 18.2 Å². The normalized spacial score (nSPS) is 10.5. The van der Waals surface area contributed by atoms with Gasteiger partial charge in [0.15, 0.2) is 11.0 Å². The Morgan fingerprint density at radius 2 is 1.93 bits per heavy atom. The minimum absolute atomic E-state index is 0.0869. The van der Waals surface area contributed by atoms with Crippen LogP contribution in [0.1, 0.15) is 11.4 Å². The maximum atomic E-state index is 13.0. The maximum Gasteiger partial charge on any atom is 0.230 e. The molecule has 0 unspecified atom stereocenters. The number of rotatable bonds is 10. The van der Waals surface area contributed by atoms with Crippen LogP contribution in [0.3, 0.4) is 0 Å². The van der Waals surface area contributed by atoms with Gasteiger partial charge in [0, 0.05) is 13.1 Å². The number of halogens is 1. The number of aromatic nitrogens is 3. The standard InChI is InChI=1S/C21H21FN4O2S/c1-2-12-26-19(14-28-18-10-8-17(22)9-11-18)24-25-21(26)29-15-20(27)23-13-16-6-4-3-5-7-16/h2-11H,1,12-15H2,(H,23,27). The van der Waals surface area contributed by atoms with Crippen LogP contribution in [0, 0.1) is 5.82 Å². The van der Waals surface area contributed by atoms with E-state index in [1.807, 2.05) is 34.9 Å². The van der Waals surface area contributed by atoms with Crippen molar-refractivity contribution in [1.82, 2.24) is 20.1 Å². The van der Waals surface area contributed by atoms with Crippen molar-refractivity contribution >= 4 is 17.7 Å². The van der Waals surface area contributed by atoms with Crippen LogP contribution >= 0.6 is 11.8 Å². The molecular formula is C21H21FN4O2S. The molecule has 0 saturated carbocycles. The Labute approximate surface area is 172 Å². The summed E-state index contributed by atoms with van der Waals surface area (Å²) in [7, 11) is 0. The van der Waals surface area contributed by atoms with Crippen molar-refractivity contribution in [2.75, 3.05) is 5.75 Å². The predicted octanol–water partition coefficient (Wildman–Crippen LogP) is 3.59. The highest BCUT2D eigenvalue weighted by Crippen LogP contribution is 2.19. The molecule has 3 rings (SSSR count). The molecule has 1 amide bonds. The molecule has 29 heavy (non-hydrogen) atoms. The van der Waals surface area contributed by atoms with Crippen LogP contribution in [0.15, 0.2) is 72.4 Å². The van der Waals surface area contributed by atoms with Gasteiger partial charge in [-0.1, -0.05) is 48.2 Å². The average molecular weight is 412 g/mol.